The molecule has 7 nitrogen and oxygen atoms in total. The number of piperazine rings is 1. The standard InChI is InChI=1S/C14H24F3N5O2S/c1-11(2)8-21-9-13(19-10-21)25(23,24)20-7-12(14(15,16)17)22-5-3-18-4-6-22/h9-12,18,20H,3-8H2,1-2H3. The van der Waals surface area contributed by atoms with Gasteiger partial charge in [-0.1, -0.05) is 13.8 Å². The maximum atomic E-state index is 13.3. The molecule has 0 saturated carbocycles. The molecule has 1 atom stereocenters. The Morgan fingerprint density at radius 2 is 1.96 bits per heavy atom. The third-order valence-electron chi connectivity index (χ3n) is 3.90. The highest BCUT2D eigenvalue weighted by atomic mass is 32.2. The summed E-state index contributed by atoms with van der Waals surface area (Å²) in [6.07, 6.45) is -1.82. The van der Waals surface area contributed by atoms with Gasteiger partial charge in [-0.2, -0.15) is 13.2 Å². The van der Waals surface area contributed by atoms with Gasteiger partial charge in [0.2, 0.25) is 0 Å². The van der Waals surface area contributed by atoms with Crippen LogP contribution in [0.25, 0.3) is 0 Å². The van der Waals surface area contributed by atoms with Crippen molar-refractivity contribution in [3.8, 4) is 0 Å². The van der Waals surface area contributed by atoms with Gasteiger partial charge in [0.1, 0.15) is 6.04 Å². The Balaban J connectivity index is 2.06. The summed E-state index contributed by atoms with van der Waals surface area (Å²) < 4.78 is 68.1. The first-order chi connectivity index (χ1) is 11.6. The first-order valence-corrected chi connectivity index (χ1v) is 9.61. The van der Waals surface area contributed by atoms with Crippen molar-refractivity contribution in [3.63, 3.8) is 0 Å². The number of imidazole rings is 1. The molecule has 0 amide bonds. The van der Waals surface area contributed by atoms with Crippen molar-refractivity contribution in [2.75, 3.05) is 32.7 Å². The first-order valence-electron chi connectivity index (χ1n) is 8.12. The van der Waals surface area contributed by atoms with Crippen LogP contribution in [0.5, 0.6) is 0 Å². The summed E-state index contributed by atoms with van der Waals surface area (Å²) in [4.78, 5) is 5.05. The number of halogens is 3. The molecule has 1 aliphatic rings. The number of nitrogens with zero attached hydrogens (tertiary/aromatic N) is 3. The molecule has 11 heteroatoms. The van der Waals surface area contributed by atoms with Crippen LogP contribution in [0, 0.1) is 5.92 Å². The zero-order chi connectivity index (χ0) is 18.7. The molecule has 0 spiro atoms. The molecule has 1 unspecified atom stereocenters. The monoisotopic (exact) mass is 383 g/mol. The second kappa shape index (κ2) is 8.02. The van der Waals surface area contributed by atoms with Crippen LogP contribution in [-0.4, -0.2) is 67.8 Å². The van der Waals surface area contributed by atoms with E-state index in [2.05, 4.69) is 15.0 Å². The fourth-order valence-electron chi connectivity index (χ4n) is 2.71. The quantitative estimate of drug-likeness (QED) is 0.723. The molecule has 1 saturated heterocycles. The Labute approximate surface area is 145 Å². The van der Waals surface area contributed by atoms with Gasteiger partial charge in [0.05, 0.1) is 6.33 Å². The van der Waals surface area contributed by atoms with Crippen LogP contribution in [0.3, 0.4) is 0 Å². The summed E-state index contributed by atoms with van der Waals surface area (Å²) in [5.74, 6) is 0.292. The average molecular weight is 383 g/mol. The Kier molecular flexibility index (Phi) is 6.46. The summed E-state index contributed by atoms with van der Waals surface area (Å²) in [6, 6.07) is -1.86. The predicted molar refractivity (Wildman–Crippen MR) is 86.5 cm³/mol. The molecule has 2 rings (SSSR count). The van der Waals surface area contributed by atoms with Crippen molar-refractivity contribution in [1.82, 2.24) is 24.5 Å². The number of sulfonamides is 1. The smallest absolute Gasteiger partial charge is 0.336 e. The van der Waals surface area contributed by atoms with Crippen LogP contribution in [0.4, 0.5) is 13.2 Å². The molecule has 2 heterocycles. The molecule has 25 heavy (non-hydrogen) atoms. The van der Waals surface area contributed by atoms with Crippen LogP contribution in [-0.2, 0) is 16.6 Å². The van der Waals surface area contributed by atoms with E-state index in [0.29, 0.717) is 25.6 Å². The summed E-state index contributed by atoms with van der Waals surface area (Å²) in [5.41, 5.74) is 0. The molecular weight excluding hydrogens is 359 g/mol. The SMILES string of the molecule is CC(C)Cn1cnc(S(=O)(=O)NCC(N2CCNCC2)C(F)(F)F)c1. The van der Waals surface area contributed by atoms with Gasteiger partial charge in [-0.05, 0) is 5.92 Å². The topological polar surface area (TPSA) is 79.3 Å². The molecule has 1 fully saturated rings. The van der Waals surface area contributed by atoms with Gasteiger partial charge >= 0.3 is 6.18 Å². The average Bonchev–Trinajstić information content (AvgIpc) is 2.95. The van der Waals surface area contributed by atoms with E-state index in [-0.39, 0.29) is 18.1 Å². The lowest BCUT2D eigenvalue weighted by molar-refractivity contribution is -0.182. The van der Waals surface area contributed by atoms with Gasteiger partial charge in [0.25, 0.3) is 10.0 Å². The maximum absolute atomic E-state index is 13.3. The Morgan fingerprint density at radius 3 is 2.52 bits per heavy atom. The van der Waals surface area contributed by atoms with E-state index >= 15 is 0 Å². The lowest BCUT2D eigenvalue weighted by atomic mass is 10.2. The third kappa shape index (κ3) is 5.66. The zero-order valence-corrected chi connectivity index (χ0v) is 15.1. The van der Waals surface area contributed by atoms with E-state index in [1.54, 1.807) is 4.57 Å². The first kappa shape index (κ1) is 20.1. The van der Waals surface area contributed by atoms with E-state index in [1.165, 1.54) is 17.4 Å². The second-order valence-corrected chi connectivity index (χ2v) is 8.21. The minimum atomic E-state index is -4.52. The molecule has 0 bridgehead atoms. The Bertz CT molecular complexity index is 654. The third-order valence-corrected chi connectivity index (χ3v) is 5.21. The predicted octanol–water partition coefficient (Wildman–Crippen LogP) is 0.654. The van der Waals surface area contributed by atoms with Gasteiger partial charge in [0.15, 0.2) is 5.03 Å². The molecule has 1 aromatic heterocycles. The summed E-state index contributed by atoms with van der Waals surface area (Å²) in [5, 5.41) is 2.71. The lowest BCUT2D eigenvalue weighted by Gasteiger charge is -2.35. The molecule has 0 aliphatic carbocycles. The Morgan fingerprint density at radius 1 is 1.32 bits per heavy atom. The molecule has 2 N–H and O–H groups in total. The molecular formula is C14H24F3N5O2S. The number of alkyl halides is 3. The molecule has 144 valence electrons. The van der Waals surface area contributed by atoms with E-state index in [4.69, 9.17) is 0 Å². The fraction of sp³-hybridized carbons (Fsp3) is 0.786. The highest BCUT2D eigenvalue weighted by Gasteiger charge is 2.44. The Hall–Kier alpha value is -1.17. The van der Waals surface area contributed by atoms with E-state index < -0.39 is 28.8 Å². The van der Waals surface area contributed by atoms with Crippen LogP contribution in [0.1, 0.15) is 13.8 Å². The summed E-state index contributed by atoms with van der Waals surface area (Å²) in [7, 11) is -4.09. The maximum Gasteiger partial charge on any atom is 0.405 e. The normalized spacial score (nSPS) is 18.6. The summed E-state index contributed by atoms with van der Waals surface area (Å²) >= 11 is 0. The number of aromatic nitrogens is 2. The largest absolute Gasteiger partial charge is 0.405 e. The number of hydrogen-bond donors (Lipinski definition) is 2. The minimum absolute atomic E-state index is 0.217. The van der Waals surface area contributed by atoms with Crippen molar-refractivity contribution in [3.05, 3.63) is 12.5 Å². The van der Waals surface area contributed by atoms with Crippen LogP contribution < -0.4 is 10.0 Å². The van der Waals surface area contributed by atoms with Crippen molar-refractivity contribution < 1.29 is 21.6 Å². The van der Waals surface area contributed by atoms with Gasteiger partial charge < -0.3 is 9.88 Å². The minimum Gasteiger partial charge on any atom is -0.336 e. The van der Waals surface area contributed by atoms with Gasteiger partial charge in [0, 0.05) is 45.5 Å². The lowest BCUT2D eigenvalue weighted by Crippen LogP contribution is -2.57. The van der Waals surface area contributed by atoms with Crippen LogP contribution >= 0.6 is 0 Å². The number of nitrogens with one attached hydrogen (secondary N) is 2. The van der Waals surface area contributed by atoms with Gasteiger partial charge in [-0.25, -0.2) is 18.1 Å². The number of hydrogen-bond acceptors (Lipinski definition) is 5. The number of rotatable bonds is 7. The molecule has 0 radical (unpaired) electrons. The highest BCUT2D eigenvalue weighted by molar-refractivity contribution is 7.89. The van der Waals surface area contributed by atoms with E-state index in [0.717, 1.165) is 0 Å². The van der Waals surface area contributed by atoms with Crippen molar-refractivity contribution in [2.45, 2.75) is 37.6 Å². The zero-order valence-electron chi connectivity index (χ0n) is 14.3. The van der Waals surface area contributed by atoms with Crippen LogP contribution in [0.15, 0.2) is 17.6 Å². The second-order valence-electron chi connectivity index (χ2n) is 6.50. The van der Waals surface area contributed by atoms with Gasteiger partial charge in [-0.3, -0.25) is 4.90 Å². The fourth-order valence-corrected chi connectivity index (χ4v) is 3.69. The van der Waals surface area contributed by atoms with Crippen molar-refractivity contribution >= 4 is 10.0 Å². The van der Waals surface area contributed by atoms with E-state index in [1.807, 2.05) is 13.8 Å². The van der Waals surface area contributed by atoms with E-state index in [9.17, 15) is 21.6 Å². The highest BCUT2D eigenvalue weighted by Crippen LogP contribution is 2.25. The van der Waals surface area contributed by atoms with Crippen LogP contribution in [0.2, 0.25) is 0 Å². The van der Waals surface area contributed by atoms with Crippen molar-refractivity contribution in [2.24, 2.45) is 5.92 Å². The molecule has 1 aliphatic heterocycles. The van der Waals surface area contributed by atoms with Crippen molar-refractivity contribution in [1.29, 1.82) is 0 Å². The summed E-state index contributed by atoms with van der Waals surface area (Å²) in [6.45, 7) is 5.10. The molecule has 1 aromatic rings. The van der Waals surface area contributed by atoms with Gasteiger partial charge in [-0.15, -0.1) is 0 Å². The molecule has 0 aromatic carbocycles.